The summed E-state index contributed by atoms with van der Waals surface area (Å²) in [6.45, 7) is 0. The Kier molecular flexibility index (Phi) is 8.71. The Balaban J connectivity index is 2.66. The first-order valence-electron chi connectivity index (χ1n) is 2.83. The van der Waals surface area contributed by atoms with Gasteiger partial charge in [0.1, 0.15) is 0 Å². The summed E-state index contributed by atoms with van der Waals surface area (Å²) in [7, 11) is 0. The van der Waals surface area contributed by atoms with Gasteiger partial charge in [0, 0.05) is 0 Å². The van der Waals surface area contributed by atoms with Crippen LogP contribution in [0.15, 0.2) is 0 Å². The van der Waals surface area contributed by atoms with Crippen molar-refractivity contribution in [2.75, 3.05) is 23.5 Å². The van der Waals surface area contributed by atoms with Gasteiger partial charge in [-0.3, -0.25) is 4.79 Å². The van der Waals surface area contributed by atoms with Crippen LogP contribution in [-0.2, 0) is 4.79 Å². The van der Waals surface area contributed by atoms with Crippen LogP contribution >= 0.6 is 23.5 Å². The number of hydrogen-bond donors (Lipinski definition) is 0. The van der Waals surface area contributed by atoms with Gasteiger partial charge < -0.3 is 0 Å². The molecule has 53 valence electrons. The Morgan fingerprint density at radius 3 is 2.78 bits per heavy atom. The van der Waals surface area contributed by atoms with Crippen LogP contribution in [0.5, 0.6) is 0 Å². The van der Waals surface area contributed by atoms with Crippen LogP contribution in [0.1, 0.15) is 6.42 Å². The summed E-state index contributed by atoms with van der Waals surface area (Å²) in [5, 5.41) is 0. The summed E-state index contributed by atoms with van der Waals surface area (Å²) in [6, 6.07) is 0. The van der Waals surface area contributed by atoms with Gasteiger partial charge in [-0.05, 0) is 24.2 Å². The van der Waals surface area contributed by atoms with Crippen LogP contribution in [0.2, 0.25) is 0 Å². The molecule has 3 heteroatoms. The van der Waals surface area contributed by atoms with Crippen molar-refractivity contribution < 1.29 is 4.79 Å². The first-order chi connectivity index (χ1) is 4.41. The molecule has 0 fully saturated rings. The van der Waals surface area contributed by atoms with Crippen LogP contribution < -0.4 is 0 Å². The Morgan fingerprint density at radius 1 is 1.44 bits per heavy atom. The minimum absolute atomic E-state index is 0.536. The molecular formula is C6H11OS2. The van der Waals surface area contributed by atoms with E-state index in [1.54, 1.807) is 11.8 Å². The molecule has 0 atom stereocenters. The SMILES string of the molecule is CSCCCSC[C]=O. The lowest BCUT2D eigenvalue weighted by Crippen LogP contribution is -1.85. The van der Waals surface area contributed by atoms with Crippen molar-refractivity contribution >= 4 is 29.8 Å². The van der Waals surface area contributed by atoms with Crippen LogP contribution in [0.3, 0.4) is 0 Å². The van der Waals surface area contributed by atoms with E-state index in [0.717, 1.165) is 5.75 Å². The van der Waals surface area contributed by atoms with Gasteiger partial charge in [0.05, 0.1) is 5.75 Å². The molecule has 0 bridgehead atoms. The maximum absolute atomic E-state index is 9.69. The van der Waals surface area contributed by atoms with E-state index < -0.39 is 0 Å². The van der Waals surface area contributed by atoms with E-state index in [2.05, 4.69) is 6.26 Å². The van der Waals surface area contributed by atoms with Gasteiger partial charge in [-0.1, -0.05) is 0 Å². The third-order valence-corrected chi connectivity index (χ3v) is 2.39. The van der Waals surface area contributed by atoms with Gasteiger partial charge in [0.2, 0.25) is 6.29 Å². The maximum atomic E-state index is 9.69. The molecule has 0 unspecified atom stereocenters. The fourth-order valence-electron chi connectivity index (χ4n) is 0.419. The molecule has 1 nitrogen and oxygen atoms in total. The van der Waals surface area contributed by atoms with Crippen molar-refractivity contribution in [2.45, 2.75) is 6.42 Å². The highest BCUT2D eigenvalue weighted by Crippen LogP contribution is 2.03. The normalized spacial score (nSPS) is 9.44. The number of hydrogen-bond acceptors (Lipinski definition) is 3. The largest absolute Gasteiger partial charge is 0.290 e. The fraction of sp³-hybridized carbons (Fsp3) is 0.833. The monoisotopic (exact) mass is 163 g/mol. The highest BCUT2D eigenvalue weighted by Gasteiger charge is 1.86. The molecule has 0 aromatic carbocycles. The molecule has 0 saturated heterocycles. The lowest BCUT2D eigenvalue weighted by molar-refractivity contribution is 0.560. The molecular weight excluding hydrogens is 152 g/mol. The minimum atomic E-state index is 0.536. The van der Waals surface area contributed by atoms with Crippen molar-refractivity contribution in [3.63, 3.8) is 0 Å². The third kappa shape index (κ3) is 8.37. The molecule has 0 rings (SSSR count). The van der Waals surface area contributed by atoms with E-state index in [0.29, 0.717) is 5.75 Å². The number of rotatable bonds is 6. The summed E-state index contributed by atoms with van der Waals surface area (Å²) < 4.78 is 0. The average molecular weight is 163 g/mol. The average Bonchev–Trinajstić information content (AvgIpc) is 1.89. The van der Waals surface area contributed by atoms with Crippen LogP contribution in [-0.4, -0.2) is 29.8 Å². The highest BCUT2D eigenvalue weighted by molar-refractivity contribution is 8.00. The molecule has 0 aliphatic carbocycles. The van der Waals surface area contributed by atoms with Crippen molar-refractivity contribution in [2.24, 2.45) is 0 Å². The first-order valence-corrected chi connectivity index (χ1v) is 5.38. The van der Waals surface area contributed by atoms with Gasteiger partial charge in [-0.2, -0.15) is 23.5 Å². The predicted molar refractivity (Wildman–Crippen MR) is 46.0 cm³/mol. The second kappa shape index (κ2) is 8.37. The predicted octanol–water partition coefficient (Wildman–Crippen LogP) is 1.58. The second-order valence-electron chi connectivity index (χ2n) is 1.54. The van der Waals surface area contributed by atoms with Crippen LogP contribution in [0.4, 0.5) is 0 Å². The summed E-state index contributed by atoms with van der Waals surface area (Å²) in [6.07, 6.45) is 5.15. The van der Waals surface area contributed by atoms with Gasteiger partial charge in [-0.15, -0.1) is 0 Å². The zero-order valence-corrected chi connectivity index (χ0v) is 7.19. The molecule has 0 aromatic rings. The molecule has 0 N–H and O–H groups in total. The second-order valence-corrected chi connectivity index (χ2v) is 3.63. The van der Waals surface area contributed by atoms with Gasteiger partial charge in [0.25, 0.3) is 0 Å². The van der Waals surface area contributed by atoms with Gasteiger partial charge in [0.15, 0.2) is 0 Å². The third-order valence-electron chi connectivity index (χ3n) is 0.798. The van der Waals surface area contributed by atoms with Crippen LogP contribution in [0.25, 0.3) is 0 Å². The Bertz CT molecular complexity index is 66.1. The highest BCUT2D eigenvalue weighted by atomic mass is 32.2. The maximum Gasteiger partial charge on any atom is 0.209 e. The molecule has 0 aliphatic rings. The van der Waals surface area contributed by atoms with Crippen molar-refractivity contribution in [3.05, 3.63) is 0 Å². The van der Waals surface area contributed by atoms with Gasteiger partial charge >= 0.3 is 0 Å². The van der Waals surface area contributed by atoms with Gasteiger partial charge in [-0.25, -0.2) is 0 Å². The summed E-state index contributed by atoms with van der Waals surface area (Å²) in [4.78, 5) is 9.69. The van der Waals surface area contributed by atoms with E-state index in [4.69, 9.17) is 0 Å². The van der Waals surface area contributed by atoms with Crippen molar-refractivity contribution in [3.8, 4) is 0 Å². The quantitative estimate of drug-likeness (QED) is 0.553. The lowest BCUT2D eigenvalue weighted by atomic mass is 10.6. The number of thioether (sulfide) groups is 2. The topological polar surface area (TPSA) is 17.1 Å². The summed E-state index contributed by atoms with van der Waals surface area (Å²) >= 11 is 3.50. The molecule has 0 spiro atoms. The standard InChI is InChI=1S/C6H11OS2/c1-8-4-2-5-9-6-3-7/h2,4-6H2,1H3. The molecule has 0 heterocycles. The summed E-state index contributed by atoms with van der Waals surface area (Å²) in [5.41, 5.74) is 0. The fourth-order valence-corrected chi connectivity index (χ4v) is 1.61. The smallest absolute Gasteiger partial charge is 0.209 e. The Morgan fingerprint density at radius 2 is 2.22 bits per heavy atom. The first kappa shape index (κ1) is 9.37. The summed E-state index contributed by atoms with van der Waals surface area (Å²) in [5.74, 6) is 2.83. The van der Waals surface area contributed by atoms with Crippen molar-refractivity contribution in [1.29, 1.82) is 0 Å². The van der Waals surface area contributed by atoms with E-state index in [-0.39, 0.29) is 0 Å². The molecule has 0 aliphatic heterocycles. The number of carbonyl (C=O) groups excluding carboxylic acids is 1. The van der Waals surface area contributed by atoms with E-state index in [9.17, 15) is 4.79 Å². The van der Waals surface area contributed by atoms with E-state index in [1.807, 2.05) is 18.0 Å². The lowest BCUT2D eigenvalue weighted by Gasteiger charge is -1.93. The Hall–Kier alpha value is 0.370. The molecule has 0 aromatic heterocycles. The molecule has 0 saturated carbocycles. The Labute approximate surface area is 65.0 Å². The minimum Gasteiger partial charge on any atom is -0.290 e. The molecule has 9 heavy (non-hydrogen) atoms. The zero-order valence-electron chi connectivity index (χ0n) is 5.55. The van der Waals surface area contributed by atoms with E-state index >= 15 is 0 Å². The molecule has 0 amide bonds. The molecule has 1 radical (unpaired) electrons. The van der Waals surface area contributed by atoms with E-state index in [1.165, 1.54) is 12.2 Å². The zero-order chi connectivity index (χ0) is 6.95. The van der Waals surface area contributed by atoms with Crippen molar-refractivity contribution in [1.82, 2.24) is 0 Å². The van der Waals surface area contributed by atoms with Crippen LogP contribution in [0, 0.1) is 0 Å².